The fourth-order valence-electron chi connectivity index (χ4n) is 4.34. The zero-order chi connectivity index (χ0) is 27.3. The predicted octanol–water partition coefficient (Wildman–Crippen LogP) is 5.55. The molecule has 7 heteroatoms. The van der Waals surface area contributed by atoms with E-state index < -0.39 is 6.04 Å². The molecule has 5 rings (SSSR count). The Hall–Kier alpha value is -4.33. The summed E-state index contributed by atoms with van der Waals surface area (Å²) in [6.07, 6.45) is 6.88. The molecule has 0 amide bonds. The van der Waals surface area contributed by atoms with Crippen LogP contribution in [0.3, 0.4) is 0 Å². The van der Waals surface area contributed by atoms with Crippen molar-refractivity contribution in [2.45, 2.75) is 38.5 Å². The molecular formula is C32H34N4O3. The van der Waals surface area contributed by atoms with Crippen molar-refractivity contribution >= 4 is 34.1 Å². The van der Waals surface area contributed by atoms with Gasteiger partial charge in [0, 0.05) is 34.6 Å². The third kappa shape index (κ3) is 8.07. The fraction of sp³-hybridized carbons (Fsp3) is 0.219. The lowest BCUT2D eigenvalue weighted by molar-refractivity contribution is -0.147. The Bertz CT molecular complexity index is 1430. The predicted molar refractivity (Wildman–Crippen MR) is 155 cm³/mol. The smallest absolute Gasteiger partial charge is 0.323 e. The molecule has 2 heterocycles. The van der Waals surface area contributed by atoms with E-state index in [9.17, 15) is 9.59 Å². The molecule has 7 nitrogen and oxygen atoms in total. The van der Waals surface area contributed by atoms with Gasteiger partial charge in [0.15, 0.2) is 0 Å². The summed E-state index contributed by atoms with van der Waals surface area (Å²) in [4.78, 5) is 30.8. The SMILES string of the molecule is NCCCCC(NCc1cccc(C=O)c1)C(=O)OCc1ccccc1.c1ccc2c(c1)[nH]c1cnccc12. The number of benzene rings is 3. The minimum absolute atomic E-state index is 0.259. The van der Waals surface area contributed by atoms with E-state index >= 15 is 0 Å². The highest BCUT2D eigenvalue weighted by atomic mass is 16.5. The van der Waals surface area contributed by atoms with Gasteiger partial charge in [0.2, 0.25) is 0 Å². The van der Waals surface area contributed by atoms with E-state index in [1.165, 1.54) is 16.3 Å². The zero-order valence-corrected chi connectivity index (χ0v) is 21.9. The molecule has 39 heavy (non-hydrogen) atoms. The van der Waals surface area contributed by atoms with Crippen LogP contribution in [0, 0.1) is 0 Å². The van der Waals surface area contributed by atoms with Crippen LogP contribution in [0.15, 0.2) is 97.3 Å². The first-order valence-electron chi connectivity index (χ1n) is 13.2. The largest absolute Gasteiger partial charge is 0.460 e. The van der Waals surface area contributed by atoms with Crippen molar-refractivity contribution < 1.29 is 14.3 Å². The van der Waals surface area contributed by atoms with Gasteiger partial charge in [0.25, 0.3) is 0 Å². The second kappa shape index (κ2) is 14.6. The first kappa shape index (κ1) is 27.7. The number of carbonyl (C=O) groups is 2. The Morgan fingerprint density at radius 1 is 0.923 bits per heavy atom. The third-order valence-corrected chi connectivity index (χ3v) is 6.40. The maximum Gasteiger partial charge on any atom is 0.323 e. The van der Waals surface area contributed by atoms with Crippen LogP contribution in [0.2, 0.25) is 0 Å². The Labute approximate surface area is 228 Å². The molecule has 5 aromatic rings. The highest BCUT2D eigenvalue weighted by Crippen LogP contribution is 2.23. The second-order valence-electron chi connectivity index (χ2n) is 9.27. The first-order valence-corrected chi connectivity index (χ1v) is 13.2. The van der Waals surface area contributed by atoms with Crippen molar-refractivity contribution in [3.63, 3.8) is 0 Å². The van der Waals surface area contributed by atoms with Gasteiger partial charge in [-0.2, -0.15) is 0 Å². The number of H-pyrrole nitrogens is 1. The molecule has 0 aliphatic heterocycles. The minimum Gasteiger partial charge on any atom is -0.460 e. The molecule has 0 aliphatic rings. The van der Waals surface area contributed by atoms with E-state index in [0.29, 0.717) is 25.1 Å². The summed E-state index contributed by atoms with van der Waals surface area (Å²) in [6, 6.07) is 26.9. The Kier molecular flexibility index (Phi) is 10.3. The van der Waals surface area contributed by atoms with E-state index in [-0.39, 0.29) is 12.6 Å². The fourth-order valence-corrected chi connectivity index (χ4v) is 4.34. The number of nitrogens with zero attached hydrogens (tertiary/aromatic N) is 1. The van der Waals surface area contributed by atoms with Crippen LogP contribution < -0.4 is 11.1 Å². The zero-order valence-electron chi connectivity index (χ0n) is 21.9. The number of unbranched alkanes of at least 4 members (excludes halogenated alkanes) is 1. The number of para-hydroxylation sites is 1. The number of rotatable bonds is 11. The van der Waals surface area contributed by atoms with Gasteiger partial charge in [0.1, 0.15) is 18.9 Å². The summed E-state index contributed by atoms with van der Waals surface area (Å²) >= 11 is 0. The number of hydrogen-bond acceptors (Lipinski definition) is 6. The molecule has 1 unspecified atom stereocenters. The van der Waals surface area contributed by atoms with Gasteiger partial charge in [-0.15, -0.1) is 0 Å². The Morgan fingerprint density at radius 2 is 1.69 bits per heavy atom. The van der Waals surface area contributed by atoms with Gasteiger partial charge in [0.05, 0.1) is 11.7 Å². The molecular weight excluding hydrogens is 488 g/mol. The lowest BCUT2D eigenvalue weighted by Gasteiger charge is -2.18. The minimum atomic E-state index is -0.398. The molecule has 200 valence electrons. The lowest BCUT2D eigenvalue weighted by Crippen LogP contribution is -2.37. The Morgan fingerprint density at radius 3 is 2.51 bits per heavy atom. The van der Waals surface area contributed by atoms with Gasteiger partial charge >= 0.3 is 5.97 Å². The molecule has 1 atom stereocenters. The average Bonchev–Trinajstić information content (AvgIpc) is 3.37. The number of pyridine rings is 1. The van der Waals surface area contributed by atoms with Gasteiger partial charge < -0.3 is 20.8 Å². The van der Waals surface area contributed by atoms with Crippen molar-refractivity contribution in [3.05, 3.63) is 114 Å². The third-order valence-electron chi connectivity index (χ3n) is 6.40. The van der Waals surface area contributed by atoms with Crippen LogP contribution in [0.1, 0.15) is 40.7 Å². The molecule has 0 fully saturated rings. The maximum atomic E-state index is 12.5. The molecule has 4 N–H and O–H groups in total. The number of nitrogens with two attached hydrogens (primary N) is 1. The van der Waals surface area contributed by atoms with Crippen molar-refractivity contribution in [1.82, 2.24) is 15.3 Å². The summed E-state index contributed by atoms with van der Waals surface area (Å²) in [5.74, 6) is -0.266. The van der Waals surface area contributed by atoms with Crippen LogP contribution in [0.4, 0.5) is 0 Å². The van der Waals surface area contributed by atoms with Crippen molar-refractivity contribution in [2.24, 2.45) is 5.73 Å². The molecule has 3 aromatic carbocycles. The topological polar surface area (TPSA) is 110 Å². The van der Waals surface area contributed by atoms with Crippen molar-refractivity contribution in [3.8, 4) is 0 Å². The standard InChI is InChI=1S/C21H26N2O3.C11H8N2/c22-12-5-4-11-20(21(25)26-16-17-7-2-1-3-8-17)23-14-18-9-6-10-19(13-18)15-24;1-2-4-10-8(3-1)9-5-6-12-7-11(9)13-10/h1-3,6-10,13,15,20,23H,4-5,11-12,14,16,22H2;1-7,13H. The van der Waals surface area contributed by atoms with Crippen molar-refractivity contribution in [2.75, 3.05) is 6.54 Å². The van der Waals surface area contributed by atoms with Crippen LogP contribution in [-0.4, -0.2) is 34.8 Å². The first-order chi connectivity index (χ1) is 19.2. The number of carbonyl (C=O) groups excluding carboxylic acids is 2. The van der Waals surface area contributed by atoms with Gasteiger partial charge in [-0.3, -0.25) is 14.6 Å². The summed E-state index contributed by atoms with van der Waals surface area (Å²) in [7, 11) is 0. The number of hydrogen-bond donors (Lipinski definition) is 3. The van der Waals surface area contributed by atoms with Gasteiger partial charge in [-0.25, -0.2) is 0 Å². The van der Waals surface area contributed by atoms with Crippen molar-refractivity contribution in [1.29, 1.82) is 0 Å². The van der Waals surface area contributed by atoms with E-state index in [1.54, 1.807) is 6.07 Å². The normalized spacial score (nSPS) is 11.5. The van der Waals surface area contributed by atoms with Crippen LogP contribution in [0.25, 0.3) is 21.8 Å². The monoisotopic (exact) mass is 522 g/mol. The van der Waals surface area contributed by atoms with E-state index in [4.69, 9.17) is 10.5 Å². The van der Waals surface area contributed by atoms with Gasteiger partial charge in [-0.1, -0.05) is 73.2 Å². The molecule has 0 saturated heterocycles. The van der Waals surface area contributed by atoms with Gasteiger partial charge in [-0.05, 0) is 48.7 Å². The Balaban J connectivity index is 0.000000223. The number of esters is 1. The van der Waals surface area contributed by atoms with E-state index in [0.717, 1.165) is 35.8 Å². The molecule has 2 aromatic heterocycles. The summed E-state index contributed by atoms with van der Waals surface area (Å²) in [5.41, 5.74) is 10.4. The number of nitrogens with one attached hydrogen (secondary N) is 2. The summed E-state index contributed by atoms with van der Waals surface area (Å²) in [5, 5.41) is 5.76. The number of ether oxygens (including phenoxy) is 1. The van der Waals surface area contributed by atoms with Crippen LogP contribution in [0.5, 0.6) is 0 Å². The maximum absolute atomic E-state index is 12.5. The average molecular weight is 523 g/mol. The highest BCUT2D eigenvalue weighted by Gasteiger charge is 2.19. The molecule has 0 bridgehead atoms. The number of aromatic amines is 1. The van der Waals surface area contributed by atoms with E-state index in [2.05, 4.69) is 33.5 Å². The van der Waals surface area contributed by atoms with Crippen LogP contribution in [-0.2, 0) is 22.7 Å². The molecule has 0 radical (unpaired) electrons. The molecule has 0 saturated carbocycles. The molecule has 0 spiro atoms. The lowest BCUT2D eigenvalue weighted by atomic mass is 10.1. The number of aldehydes is 1. The van der Waals surface area contributed by atoms with Crippen LogP contribution >= 0.6 is 0 Å². The highest BCUT2D eigenvalue weighted by molar-refractivity contribution is 6.06. The second-order valence-corrected chi connectivity index (χ2v) is 9.27. The summed E-state index contributed by atoms with van der Waals surface area (Å²) < 4.78 is 5.47. The quantitative estimate of drug-likeness (QED) is 0.119. The molecule has 0 aliphatic carbocycles. The van der Waals surface area contributed by atoms with E-state index in [1.807, 2.05) is 73.1 Å². The summed E-state index contributed by atoms with van der Waals surface area (Å²) in [6.45, 7) is 1.36. The number of fused-ring (bicyclic) bond motifs is 3. The number of aromatic nitrogens is 2.